The number of hydrogen-bond acceptors (Lipinski definition) is 4. The summed E-state index contributed by atoms with van der Waals surface area (Å²) in [6, 6.07) is 3.78. The Balaban J connectivity index is 2.36. The third-order valence-electron chi connectivity index (χ3n) is 3.10. The second-order valence-electron chi connectivity index (χ2n) is 4.75. The van der Waals surface area contributed by atoms with Crippen molar-refractivity contribution in [3.8, 4) is 0 Å². The molecule has 0 saturated heterocycles. The zero-order valence-electron chi connectivity index (χ0n) is 11.9. The van der Waals surface area contributed by atoms with Crippen LogP contribution in [-0.2, 0) is 11.3 Å². The lowest BCUT2D eigenvalue weighted by molar-refractivity contribution is 0.182. The second kappa shape index (κ2) is 6.47. The minimum Gasteiger partial charge on any atom is -0.383 e. The van der Waals surface area contributed by atoms with Gasteiger partial charge in [-0.2, -0.15) is 5.10 Å². The van der Waals surface area contributed by atoms with Crippen LogP contribution in [-0.4, -0.2) is 28.5 Å². The van der Waals surface area contributed by atoms with Crippen molar-refractivity contribution >= 4 is 15.9 Å². The third-order valence-corrected chi connectivity index (χ3v) is 3.71. The summed E-state index contributed by atoms with van der Waals surface area (Å²) in [6.45, 7) is 5.22. The molecule has 0 aliphatic heterocycles. The highest BCUT2D eigenvalue weighted by molar-refractivity contribution is 9.10. The molecule has 108 valence electrons. The summed E-state index contributed by atoms with van der Waals surface area (Å²) in [5.74, 6) is 0. The molecule has 0 saturated carbocycles. The first kappa shape index (κ1) is 15.2. The van der Waals surface area contributed by atoms with Gasteiger partial charge >= 0.3 is 0 Å². The molecule has 2 N–H and O–H groups in total. The molecule has 5 nitrogen and oxygen atoms in total. The Kier molecular flexibility index (Phi) is 4.91. The molecule has 2 rings (SSSR count). The Hall–Kier alpha value is -1.24. The van der Waals surface area contributed by atoms with Gasteiger partial charge in [0.1, 0.15) is 0 Å². The molecular formula is C14H19BrN4O. The van der Waals surface area contributed by atoms with Crippen LogP contribution in [0.2, 0.25) is 0 Å². The summed E-state index contributed by atoms with van der Waals surface area (Å²) in [4.78, 5) is 4.38. The first-order chi connectivity index (χ1) is 9.52. The lowest BCUT2D eigenvalue weighted by Crippen LogP contribution is -2.20. The normalized spacial score (nSPS) is 12.7. The van der Waals surface area contributed by atoms with E-state index in [9.17, 15) is 0 Å². The van der Waals surface area contributed by atoms with Gasteiger partial charge in [0, 0.05) is 18.5 Å². The molecule has 0 fully saturated rings. The Bertz CT molecular complexity index is 577. The smallest absolute Gasteiger partial charge is 0.0739 e. The van der Waals surface area contributed by atoms with Crippen molar-refractivity contribution in [3.05, 3.63) is 45.4 Å². The number of methoxy groups -OCH3 is 1. The maximum Gasteiger partial charge on any atom is 0.0739 e. The van der Waals surface area contributed by atoms with Gasteiger partial charge < -0.3 is 10.5 Å². The fourth-order valence-electron chi connectivity index (χ4n) is 2.24. The molecule has 0 bridgehead atoms. The monoisotopic (exact) mass is 338 g/mol. The molecule has 0 aromatic carbocycles. The molecule has 0 radical (unpaired) electrons. The first-order valence-electron chi connectivity index (χ1n) is 6.44. The van der Waals surface area contributed by atoms with Gasteiger partial charge in [-0.25, -0.2) is 0 Å². The molecule has 2 aromatic rings. The maximum atomic E-state index is 6.41. The highest BCUT2D eigenvalue weighted by Crippen LogP contribution is 2.27. The maximum absolute atomic E-state index is 6.41. The van der Waals surface area contributed by atoms with Gasteiger partial charge in [-0.3, -0.25) is 9.67 Å². The van der Waals surface area contributed by atoms with E-state index in [1.807, 2.05) is 30.7 Å². The Morgan fingerprint density at radius 2 is 2.00 bits per heavy atom. The van der Waals surface area contributed by atoms with Gasteiger partial charge in [0.05, 0.1) is 35.6 Å². The van der Waals surface area contributed by atoms with Gasteiger partial charge in [0.2, 0.25) is 0 Å². The van der Waals surface area contributed by atoms with Gasteiger partial charge in [-0.15, -0.1) is 0 Å². The number of nitrogens with two attached hydrogens (primary N) is 1. The van der Waals surface area contributed by atoms with Gasteiger partial charge in [-0.05, 0) is 47.5 Å². The quantitative estimate of drug-likeness (QED) is 0.908. The van der Waals surface area contributed by atoms with E-state index in [2.05, 4.69) is 26.0 Å². The lowest BCUT2D eigenvalue weighted by Gasteiger charge is -2.16. The fraction of sp³-hybridized carbons (Fsp3) is 0.429. The average molecular weight is 339 g/mol. The van der Waals surface area contributed by atoms with Crippen molar-refractivity contribution < 1.29 is 4.74 Å². The van der Waals surface area contributed by atoms with Crippen LogP contribution in [0.3, 0.4) is 0 Å². The average Bonchev–Trinajstić information content (AvgIpc) is 2.75. The molecule has 20 heavy (non-hydrogen) atoms. The van der Waals surface area contributed by atoms with Crippen LogP contribution in [0.15, 0.2) is 22.8 Å². The van der Waals surface area contributed by atoms with E-state index >= 15 is 0 Å². The summed E-state index contributed by atoms with van der Waals surface area (Å²) in [6.07, 6.45) is 1.77. The van der Waals surface area contributed by atoms with Crippen molar-refractivity contribution in [3.63, 3.8) is 0 Å². The van der Waals surface area contributed by atoms with Crippen LogP contribution in [0, 0.1) is 13.8 Å². The summed E-state index contributed by atoms with van der Waals surface area (Å²) in [7, 11) is 1.67. The molecule has 6 heteroatoms. The number of aryl methyl sites for hydroxylation is 2. The van der Waals surface area contributed by atoms with E-state index in [0.717, 1.165) is 27.1 Å². The van der Waals surface area contributed by atoms with E-state index in [0.29, 0.717) is 13.2 Å². The fourth-order valence-corrected chi connectivity index (χ4v) is 2.78. The third kappa shape index (κ3) is 3.26. The van der Waals surface area contributed by atoms with Gasteiger partial charge in [0.15, 0.2) is 0 Å². The van der Waals surface area contributed by atoms with Crippen LogP contribution < -0.4 is 5.73 Å². The van der Waals surface area contributed by atoms with Crippen molar-refractivity contribution in [2.75, 3.05) is 13.7 Å². The first-order valence-corrected chi connectivity index (χ1v) is 7.23. The Morgan fingerprint density at radius 1 is 1.35 bits per heavy atom. The zero-order valence-corrected chi connectivity index (χ0v) is 13.5. The number of rotatable bonds is 5. The van der Waals surface area contributed by atoms with Gasteiger partial charge in [0.25, 0.3) is 0 Å². The zero-order chi connectivity index (χ0) is 14.7. The predicted molar refractivity (Wildman–Crippen MR) is 81.5 cm³/mol. The number of nitrogens with zero attached hydrogens (tertiary/aromatic N) is 3. The molecule has 2 aromatic heterocycles. The standard InChI is InChI=1S/C14H19BrN4O/c1-9-6-11(7-10(2)18-9)13(16)14-12(15)8-17-19(14)4-5-20-3/h6-8,13H,4-5,16H2,1-3H3. The molecule has 1 unspecified atom stereocenters. The highest BCUT2D eigenvalue weighted by Gasteiger charge is 2.19. The molecule has 0 spiro atoms. The molecule has 0 aliphatic carbocycles. The van der Waals surface area contributed by atoms with Crippen molar-refractivity contribution in [2.24, 2.45) is 5.73 Å². The van der Waals surface area contributed by atoms with E-state index in [4.69, 9.17) is 10.5 Å². The Labute approximate surface area is 127 Å². The number of ether oxygens (including phenoxy) is 1. The molecule has 2 heterocycles. The summed E-state index contributed by atoms with van der Waals surface area (Å²) < 4.78 is 7.90. The van der Waals surface area contributed by atoms with Crippen molar-refractivity contribution in [1.29, 1.82) is 0 Å². The summed E-state index contributed by atoms with van der Waals surface area (Å²) in [5, 5.41) is 4.34. The topological polar surface area (TPSA) is 66.0 Å². The lowest BCUT2D eigenvalue weighted by atomic mass is 10.0. The van der Waals surface area contributed by atoms with Crippen LogP contribution >= 0.6 is 15.9 Å². The van der Waals surface area contributed by atoms with Crippen LogP contribution in [0.1, 0.15) is 28.7 Å². The van der Waals surface area contributed by atoms with Crippen LogP contribution in [0.25, 0.3) is 0 Å². The van der Waals surface area contributed by atoms with Crippen molar-refractivity contribution in [1.82, 2.24) is 14.8 Å². The molecule has 0 amide bonds. The largest absolute Gasteiger partial charge is 0.383 e. The molecule has 0 aliphatic rings. The summed E-state index contributed by atoms with van der Waals surface area (Å²) >= 11 is 3.52. The minimum absolute atomic E-state index is 0.246. The minimum atomic E-state index is -0.246. The number of pyridine rings is 1. The van der Waals surface area contributed by atoms with Gasteiger partial charge in [-0.1, -0.05) is 0 Å². The second-order valence-corrected chi connectivity index (χ2v) is 5.61. The number of hydrogen-bond donors (Lipinski definition) is 1. The van der Waals surface area contributed by atoms with E-state index in [1.165, 1.54) is 0 Å². The highest BCUT2D eigenvalue weighted by atomic mass is 79.9. The van der Waals surface area contributed by atoms with Crippen molar-refractivity contribution in [2.45, 2.75) is 26.4 Å². The Morgan fingerprint density at radius 3 is 2.60 bits per heavy atom. The summed E-state index contributed by atoms with van der Waals surface area (Å²) in [5.41, 5.74) is 10.3. The van der Waals surface area contributed by atoms with Crippen LogP contribution in [0.4, 0.5) is 0 Å². The predicted octanol–water partition coefficient (Wildman–Crippen LogP) is 2.35. The van der Waals surface area contributed by atoms with Crippen LogP contribution in [0.5, 0.6) is 0 Å². The molecule has 1 atom stereocenters. The molecular weight excluding hydrogens is 320 g/mol. The van der Waals surface area contributed by atoms with E-state index < -0.39 is 0 Å². The number of halogens is 1. The van der Waals surface area contributed by atoms with E-state index in [-0.39, 0.29) is 6.04 Å². The van der Waals surface area contributed by atoms with E-state index in [1.54, 1.807) is 13.3 Å². The number of aromatic nitrogens is 3. The SMILES string of the molecule is COCCn1ncc(Br)c1C(N)c1cc(C)nc(C)c1.